The number of anilines is 1. The number of hydrogen-bond acceptors (Lipinski definition) is 9. The molecule has 214 valence electrons. The number of likely N-dealkylation sites (tertiary alicyclic amines) is 1. The summed E-state index contributed by atoms with van der Waals surface area (Å²) in [7, 11) is 0. The van der Waals surface area contributed by atoms with Crippen molar-refractivity contribution in [3.05, 3.63) is 74.9 Å². The van der Waals surface area contributed by atoms with Gasteiger partial charge in [-0.05, 0) is 83.6 Å². The molecule has 2 amide bonds. The molecular formula is C27H26BrFN6O6. The van der Waals surface area contributed by atoms with Crippen molar-refractivity contribution >= 4 is 33.7 Å². The Bertz CT molecular complexity index is 1640. The van der Waals surface area contributed by atoms with Gasteiger partial charge in [-0.15, -0.1) is 0 Å². The molecule has 41 heavy (non-hydrogen) atoms. The summed E-state index contributed by atoms with van der Waals surface area (Å²) < 4.78 is 30.3. The number of hydrogen-bond donors (Lipinski definition) is 1. The van der Waals surface area contributed by atoms with Crippen LogP contribution >= 0.6 is 15.9 Å². The van der Waals surface area contributed by atoms with Gasteiger partial charge < -0.3 is 15.0 Å². The Morgan fingerprint density at radius 1 is 1.07 bits per heavy atom. The molecule has 12 nitrogen and oxygen atoms in total. The van der Waals surface area contributed by atoms with Gasteiger partial charge in [-0.2, -0.15) is 0 Å². The molecule has 2 aromatic carbocycles. The van der Waals surface area contributed by atoms with Gasteiger partial charge in [0.1, 0.15) is 11.4 Å². The zero-order chi connectivity index (χ0) is 29.4. The minimum Gasteiger partial charge on any atom is -0.444 e. The average Bonchev–Trinajstić information content (AvgIpc) is 3.55. The second-order valence-electron chi connectivity index (χ2n) is 10.5. The van der Waals surface area contributed by atoms with Crippen molar-refractivity contribution in [2.24, 2.45) is 0 Å². The highest BCUT2D eigenvalue weighted by Gasteiger charge is 2.45. The summed E-state index contributed by atoms with van der Waals surface area (Å²) in [6.07, 6.45) is 0.168. The zero-order valence-corrected chi connectivity index (χ0v) is 24.0. The van der Waals surface area contributed by atoms with Crippen molar-refractivity contribution in [3.8, 4) is 17.2 Å². The first-order chi connectivity index (χ1) is 19.5. The smallest absolute Gasteiger partial charge is 0.444 e. The van der Waals surface area contributed by atoms with E-state index >= 15 is 0 Å². The molecule has 0 bridgehead atoms. The minimum absolute atomic E-state index is 0.0703. The predicted molar refractivity (Wildman–Crippen MR) is 147 cm³/mol. The van der Waals surface area contributed by atoms with Crippen LogP contribution in [0.3, 0.4) is 0 Å². The number of ether oxygens (including phenoxy) is 1. The number of rotatable bonds is 5. The van der Waals surface area contributed by atoms with Crippen molar-refractivity contribution in [1.82, 2.24) is 24.9 Å². The van der Waals surface area contributed by atoms with E-state index in [9.17, 15) is 18.8 Å². The summed E-state index contributed by atoms with van der Waals surface area (Å²) in [5.41, 5.74) is -0.755. The van der Waals surface area contributed by atoms with Crippen molar-refractivity contribution in [1.29, 1.82) is 0 Å². The molecule has 3 heterocycles. The number of amides is 2. The number of carbonyl (C=O) groups excluding carboxylic acids is 2. The highest BCUT2D eigenvalue weighted by atomic mass is 79.9. The van der Waals surface area contributed by atoms with Gasteiger partial charge in [-0.25, -0.2) is 23.2 Å². The summed E-state index contributed by atoms with van der Waals surface area (Å²) in [6.45, 7) is 5.95. The Morgan fingerprint density at radius 2 is 1.78 bits per heavy atom. The van der Waals surface area contributed by atoms with Gasteiger partial charge in [0, 0.05) is 13.1 Å². The Morgan fingerprint density at radius 3 is 2.44 bits per heavy atom. The van der Waals surface area contributed by atoms with E-state index < -0.39 is 34.6 Å². The van der Waals surface area contributed by atoms with Crippen LogP contribution in [0.4, 0.5) is 15.0 Å². The van der Waals surface area contributed by atoms with E-state index in [4.69, 9.17) is 13.9 Å². The lowest BCUT2D eigenvalue weighted by molar-refractivity contribution is -0.123. The molecule has 0 atom stereocenters. The minimum atomic E-state index is -1.03. The van der Waals surface area contributed by atoms with Crippen LogP contribution in [0.15, 0.2) is 67.0 Å². The van der Waals surface area contributed by atoms with Gasteiger partial charge in [-0.1, -0.05) is 35.5 Å². The maximum Gasteiger partial charge on any atom is 0.446 e. The molecule has 0 aliphatic carbocycles. The van der Waals surface area contributed by atoms with Gasteiger partial charge in [-0.3, -0.25) is 9.32 Å². The number of halogens is 2. The first-order valence-electron chi connectivity index (χ1n) is 12.7. The maximum atomic E-state index is 14.0. The molecule has 1 aliphatic rings. The lowest BCUT2D eigenvalue weighted by Gasteiger charge is -2.41. The third-order valence-electron chi connectivity index (χ3n) is 6.73. The maximum absolute atomic E-state index is 14.0. The molecule has 1 N–H and O–H groups in total. The number of carbonyl (C=O) groups is 2. The molecule has 5 rings (SSSR count). The van der Waals surface area contributed by atoms with Crippen LogP contribution < -0.4 is 11.1 Å². The molecule has 1 fully saturated rings. The Kier molecular flexibility index (Phi) is 7.51. The first kappa shape index (κ1) is 28.2. The molecule has 14 heteroatoms. The van der Waals surface area contributed by atoms with Crippen molar-refractivity contribution in [2.45, 2.75) is 44.6 Å². The quantitative estimate of drug-likeness (QED) is 0.333. The fourth-order valence-electron chi connectivity index (χ4n) is 4.70. The average molecular weight is 629 g/mol. The molecule has 2 aromatic heterocycles. The summed E-state index contributed by atoms with van der Waals surface area (Å²) in [6, 6.07) is 13.1. The molecule has 0 unspecified atom stereocenters. The lowest BCUT2D eigenvalue weighted by atomic mass is 9.72. The van der Waals surface area contributed by atoms with Crippen LogP contribution in [0, 0.1) is 5.82 Å². The van der Waals surface area contributed by atoms with Crippen molar-refractivity contribution in [2.75, 3.05) is 18.4 Å². The molecule has 0 saturated carbocycles. The normalized spacial score (nSPS) is 15.0. The van der Waals surface area contributed by atoms with Crippen LogP contribution in [-0.4, -0.2) is 55.6 Å². The van der Waals surface area contributed by atoms with Gasteiger partial charge >= 0.3 is 11.8 Å². The Labute approximate surface area is 241 Å². The third kappa shape index (κ3) is 5.64. The van der Waals surface area contributed by atoms with Gasteiger partial charge in [0.25, 0.3) is 0 Å². The molecule has 0 radical (unpaired) electrons. The Hall–Kier alpha value is -4.33. The van der Waals surface area contributed by atoms with E-state index in [1.54, 1.807) is 25.7 Å². The summed E-state index contributed by atoms with van der Waals surface area (Å²) in [5, 5.41) is 14.3. The van der Waals surface area contributed by atoms with E-state index in [1.165, 1.54) is 18.2 Å². The van der Waals surface area contributed by atoms with Crippen molar-refractivity contribution < 1.29 is 27.9 Å². The fraction of sp³-hybridized carbons (Fsp3) is 0.333. The lowest BCUT2D eigenvalue weighted by Crippen LogP contribution is -2.51. The molecular weight excluding hydrogens is 603 g/mol. The van der Waals surface area contributed by atoms with Crippen LogP contribution in [-0.2, 0) is 14.9 Å². The van der Waals surface area contributed by atoms with Gasteiger partial charge in [0.15, 0.2) is 5.69 Å². The summed E-state index contributed by atoms with van der Waals surface area (Å²) >= 11 is 3.10. The number of nitrogens with zero attached hydrogens (tertiary/aromatic N) is 5. The molecule has 0 spiro atoms. The first-order valence-corrected chi connectivity index (χ1v) is 13.5. The standard InChI is InChI=1S/C27H26BrFN6O6/c1-26(2,3)39-24(37)34-13-11-27(12-14-34,16-7-5-4-6-8-16)23(36)30-21-20(31-41-32-21)22-33-40-25(38)35(22)17-9-10-19(29)18(28)15-17/h4-10,15H,11-14H2,1-3H3,(H,30,32,36). The topological polar surface area (TPSA) is 146 Å². The second-order valence-corrected chi connectivity index (χ2v) is 11.4. The van der Waals surface area contributed by atoms with Crippen LogP contribution in [0.1, 0.15) is 39.2 Å². The summed E-state index contributed by atoms with van der Waals surface area (Å²) in [5.74, 6) is -2.01. The molecule has 1 saturated heterocycles. The molecule has 4 aromatic rings. The number of aromatic nitrogens is 4. The highest BCUT2D eigenvalue weighted by Crippen LogP contribution is 2.38. The van der Waals surface area contributed by atoms with Crippen LogP contribution in [0.25, 0.3) is 17.2 Å². The largest absolute Gasteiger partial charge is 0.446 e. The zero-order valence-electron chi connectivity index (χ0n) is 22.4. The van der Waals surface area contributed by atoms with Crippen molar-refractivity contribution in [3.63, 3.8) is 0 Å². The third-order valence-corrected chi connectivity index (χ3v) is 7.34. The van der Waals surface area contributed by atoms with Crippen LogP contribution in [0.2, 0.25) is 0 Å². The SMILES string of the molecule is CC(C)(C)OC(=O)N1CCC(C(=O)Nc2nonc2-c2noc(=O)n2-c2ccc(F)c(Br)c2)(c2ccccc2)CC1. The monoisotopic (exact) mass is 628 g/mol. The predicted octanol–water partition coefficient (Wildman–Crippen LogP) is 4.68. The van der Waals surface area contributed by atoms with Gasteiger partial charge in [0.2, 0.25) is 17.5 Å². The van der Waals surface area contributed by atoms with E-state index in [1.807, 2.05) is 30.3 Å². The van der Waals surface area contributed by atoms with Crippen LogP contribution in [0.5, 0.6) is 0 Å². The number of piperidine rings is 1. The second kappa shape index (κ2) is 10.9. The fourth-order valence-corrected chi connectivity index (χ4v) is 5.06. The van der Waals surface area contributed by atoms with E-state index in [2.05, 4.69) is 36.7 Å². The van der Waals surface area contributed by atoms with E-state index in [0.29, 0.717) is 12.8 Å². The van der Waals surface area contributed by atoms with Gasteiger partial charge in [0.05, 0.1) is 15.6 Å². The highest BCUT2D eigenvalue weighted by molar-refractivity contribution is 9.10. The summed E-state index contributed by atoms with van der Waals surface area (Å²) in [4.78, 5) is 40.8. The number of nitrogens with one attached hydrogen (secondary N) is 1. The van der Waals surface area contributed by atoms with E-state index in [0.717, 1.165) is 10.1 Å². The molecule has 1 aliphatic heterocycles. The number of benzene rings is 2. The van der Waals surface area contributed by atoms with E-state index in [-0.39, 0.29) is 40.6 Å². The Balaban J connectivity index is 1.45.